The third-order valence-corrected chi connectivity index (χ3v) is 4.49. The summed E-state index contributed by atoms with van der Waals surface area (Å²) >= 11 is 3.16. The molecule has 1 aromatic rings. The Hall–Kier alpha value is -0.560. The minimum atomic E-state index is -4.46. The first-order valence-electron chi connectivity index (χ1n) is 4.67. The molecule has 0 aromatic heterocycles. The molecule has 0 aliphatic rings. The van der Waals surface area contributed by atoms with Crippen molar-refractivity contribution in [2.24, 2.45) is 0 Å². The maximum atomic E-state index is 12.0. The highest BCUT2D eigenvalue weighted by Crippen LogP contribution is 2.25. The maximum absolute atomic E-state index is 12.0. The number of sulfone groups is 1. The summed E-state index contributed by atoms with van der Waals surface area (Å²) in [7, 11) is -3.88. The molecule has 7 heteroatoms. The molecule has 0 saturated heterocycles. The Labute approximate surface area is 106 Å². The second-order valence-electron chi connectivity index (χ2n) is 3.59. The minimum Gasteiger partial charge on any atom is -0.224 e. The molecule has 2 nitrogen and oxygen atoms in total. The molecular weight excluding hydrogens is 321 g/mol. The van der Waals surface area contributed by atoms with Crippen LogP contribution in [0.1, 0.15) is 12.0 Å². The van der Waals surface area contributed by atoms with Crippen LogP contribution >= 0.6 is 15.9 Å². The van der Waals surface area contributed by atoms with Crippen molar-refractivity contribution < 1.29 is 21.6 Å². The molecule has 96 valence electrons. The molecule has 0 radical (unpaired) electrons. The molecule has 0 unspecified atom stereocenters. The molecule has 0 aliphatic heterocycles. The fourth-order valence-electron chi connectivity index (χ4n) is 1.32. The van der Waals surface area contributed by atoms with E-state index in [0.717, 1.165) is 0 Å². The normalized spacial score (nSPS) is 12.8. The van der Waals surface area contributed by atoms with Gasteiger partial charge in [-0.05, 0) is 30.7 Å². The summed E-state index contributed by atoms with van der Waals surface area (Å²) in [6.45, 7) is 1.55. The van der Waals surface area contributed by atoms with E-state index in [1.54, 1.807) is 13.0 Å². The van der Waals surface area contributed by atoms with Gasteiger partial charge in [0.05, 0.1) is 17.1 Å². The van der Waals surface area contributed by atoms with E-state index in [4.69, 9.17) is 0 Å². The first-order chi connectivity index (χ1) is 7.62. The van der Waals surface area contributed by atoms with Crippen molar-refractivity contribution >= 4 is 25.8 Å². The number of aryl methyl sites for hydroxylation is 1. The van der Waals surface area contributed by atoms with E-state index < -0.39 is 28.2 Å². The number of rotatable bonds is 3. The zero-order valence-corrected chi connectivity index (χ0v) is 11.3. The zero-order chi connectivity index (χ0) is 13.3. The van der Waals surface area contributed by atoms with E-state index in [-0.39, 0.29) is 4.90 Å². The van der Waals surface area contributed by atoms with Crippen molar-refractivity contribution in [2.75, 3.05) is 5.75 Å². The fourth-order valence-corrected chi connectivity index (χ4v) is 3.34. The second-order valence-corrected chi connectivity index (χ2v) is 6.59. The lowest BCUT2D eigenvalue weighted by atomic mass is 10.2. The van der Waals surface area contributed by atoms with Crippen LogP contribution < -0.4 is 0 Å². The average Bonchev–Trinajstić information content (AvgIpc) is 2.13. The van der Waals surface area contributed by atoms with Crippen molar-refractivity contribution in [3.8, 4) is 0 Å². The Morgan fingerprint density at radius 2 is 1.88 bits per heavy atom. The predicted octanol–water partition coefficient (Wildman–Crippen LogP) is 3.48. The smallest absolute Gasteiger partial charge is 0.224 e. The van der Waals surface area contributed by atoms with Gasteiger partial charge in [-0.25, -0.2) is 8.42 Å². The second kappa shape index (κ2) is 4.97. The van der Waals surface area contributed by atoms with Gasteiger partial charge in [-0.3, -0.25) is 0 Å². The quantitative estimate of drug-likeness (QED) is 0.850. The standard InChI is InChI=1S/C10H10BrF3O2S/c1-7-6-8(11)2-3-9(7)17(15,16)5-4-10(12,13)14/h2-3,6H,4-5H2,1H3. The van der Waals surface area contributed by atoms with Crippen LogP contribution in [-0.4, -0.2) is 20.3 Å². The van der Waals surface area contributed by atoms with Crippen molar-refractivity contribution in [2.45, 2.75) is 24.4 Å². The van der Waals surface area contributed by atoms with Crippen LogP contribution in [0.15, 0.2) is 27.6 Å². The van der Waals surface area contributed by atoms with Gasteiger partial charge in [0.2, 0.25) is 0 Å². The molecule has 0 N–H and O–H groups in total. The number of alkyl halides is 3. The summed E-state index contributed by atoms with van der Waals surface area (Å²) in [4.78, 5) is -0.0510. The van der Waals surface area contributed by atoms with E-state index in [0.29, 0.717) is 10.0 Å². The van der Waals surface area contributed by atoms with E-state index in [2.05, 4.69) is 15.9 Å². The molecule has 0 fully saturated rings. The van der Waals surface area contributed by atoms with Crippen molar-refractivity contribution in [3.63, 3.8) is 0 Å². The van der Waals surface area contributed by atoms with Gasteiger partial charge in [-0.1, -0.05) is 15.9 Å². The Morgan fingerprint density at radius 1 is 1.29 bits per heavy atom. The number of halogens is 4. The summed E-state index contributed by atoms with van der Waals surface area (Å²) in [6.07, 6.45) is -5.79. The lowest BCUT2D eigenvalue weighted by molar-refractivity contribution is -0.129. The lowest BCUT2D eigenvalue weighted by Gasteiger charge is -2.09. The van der Waals surface area contributed by atoms with Crippen LogP contribution in [0.2, 0.25) is 0 Å². The predicted molar refractivity (Wildman–Crippen MR) is 61.6 cm³/mol. The van der Waals surface area contributed by atoms with Gasteiger partial charge in [0.25, 0.3) is 0 Å². The van der Waals surface area contributed by atoms with Gasteiger partial charge in [0, 0.05) is 4.47 Å². The third-order valence-electron chi connectivity index (χ3n) is 2.13. The summed E-state index contributed by atoms with van der Waals surface area (Å²) < 4.78 is 60.1. The first-order valence-corrected chi connectivity index (χ1v) is 7.12. The van der Waals surface area contributed by atoms with Crippen LogP contribution in [-0.2, 0) is 9.84 Å². The number of hydrogen-bond donors (Lipinski definition) is 0. The van der Waals surface area contributed by atoms with Crippen molar-refractivity contribution in [3.05, 3.63) is 28.2 Å². The molecule has 1 aromatic carbocycles. The molecule has 0 spiro atoms. The largest absolute Gasteiger partial charge is 0.390 e. The topological polar surface area (TPSA) is 34.1 Å². The summed E-state index contributed by atoms with van der Waals surface area (Å²) in [5, 5.41) is 0. The Bertz CT molecular complexity index is 509. The number of benzene rings is 1. The molecule has 0 amide bonds. The molecule has 0 bridgehead atoms. The van der Waals surface area contributed by atoms with Crippen LogP contribution in [0.3, 0.4) is 0 Å². The van der Waals surface area contributed by atoms with Crippen LogP contribution in [0.25, 0.3) is 0 Å². The first kappa shape index (κ1) is 14.5. The minimum absolute atomic E-state index is 0.0510. The van der Waals surface area contributed by atoms with E-state index in [9.17, 15) is 21.6 Å². The van der Waals surface area contributed by atoms with Crippen molar-refractivity contribution in [1.82, 2.24) is 0 Å². The molecule has 0 aliphatic carbocycles. The highest BCUT2D eigenvalue weighted by molar-refractivity contribution is 9.10. The molecule has 17 heavy (non-hydrogen) atoms. The van der Waals surface area contributed by atoms with Gasteiger partial charge in [-0.15, -0.1) is 0 Å². The number of hydrogen-bond acceptors (Lipinski definition) is 2. The summed E-state index contributed by atoms with van der Waals surface area (Å²) in [5.74, 6) is -0.918. The monoisotopic (exact) mass is 330 g/mol. The van der Waals surface area contributed by atoms with E-state index in [1.807, 2.05) is 0 Å². The van der Waals surface area contributed by atoms with Crippen LogP contribution in [0.5, 0.6) is 0 Å². The summed E-state index contributed by atoms with van der Waals surface area (Å²) in [6, 6.07) is 4.36. The Kier molecular flexibility index (Phi) is 4.24. The van der Waals surface area contributed by atoms with Crippen LogP contribution in [0, 0.1) is 6.92 Å². The molecule has 0 atom stereocenters. The zero-order valence-electron chi connectivity index (χ0n) is 8.88. The average molecular weight is 331 g/mol. The highest BCUT2D eigenvalue weighted by atomic mass is 79.9. The van der Waals surface area contributed by atoms with Gasteiger partial charge < -0.3 is 0 Å². The van der Waals surface area contributed by atoms with E-state index in [1.165, 1.54) is 12.1 Å². The van der Waals surface area contributed by atoms with E-state index >= 15 is 0 Å². The Balaban J connectivity index is 2.98. The molecule has 0 saturated carbocycles. The highest BCUT2D eigenvalue weighted by Gasteiger charge is 2.30. The van der Waals surface area contributed by atoms with Gasteiger partial charge in [-0.2, -0.15) is 13.2 Å². The molecule has 0 heterocycles. The van der Waals surface area contributed by atoms with Crippen LogP contribution in [0.4, 0.5) is 13.2 Å². The van der Waals surface area contributed by atoms with Gasteiger partial charge in [0.1, 0.15) is 0 Å². The van der Waals surface area contributed by atoms with Crippen molar-refractivity contribution in [1.29, 1.82) is 0 Å². The summed E-state index contributed by atoms with van der Waals surface area (Å²) in [5.41, 5.74) is 0.432. The van der Waals surface area contributed by atoms with Gasteiger partial charge >= 0.3 is 6.18 Å². The Morgan fingerprint density at radius 3 is 2.35 bits per heavy atom. The SMILES string of the molecule is Cc1cc(Br)ccc1S(=O)(=O)CCC(F)(F)F. The molecule has 1 rings (SSSR count). The fraction of sp³-hybridized carbons (Fsp3) is 0.400. The maximum Gasteiger partial charge on any atom is 0.390 e. The van der Waals surface area contributed by atoms with Gasteiger partial charge in [0.15, 0.2) is 9.84 Å². The molecular formula is C10H10BrF3O2S. The third kappa shape index (κ3) is 4.31. The lowest BCUT2D eigenvalue weighted by Crippen LogP contribution is -2.17.